The lowest BCUT2D eigenvalue weighted by atomic mass is 10.2. The van der Waals surface area contributed by atoms with Gasteiger partial charge in [0.15, 0.2) is 16.6 Å². The Morgan fingerprint density at radius 2 is 2.09 bits per heavy atom. The van der Waals surface area contributed by atoms with Gasteiger partial charge in [-0.2, -0.15) is 5.10 Å². The van der Waals surface area contributed by atoms with Crippen LogP contribution in [0.4, 0.5) is 5.13 Å². The van der Waals surface area contributed by atoms with Crippen molar-refractivity contribution in [3.63, 3.8) is 0 Å². The van der Waals surface area contributed by atoms with Gasteiger partial charge in [0.1, 0.15) is 12.4 Å². The topological polar surface area (TPSA) is 87.5 Å². The largest absolute Gasteiger partial charge is 0.489 e. The number of thiophene rings is 1. The van der Waals surface area contributed by atoms with Gasteiger partial charge in [0, 0.05) is 35.3 Å². The molecule has 0 radical (unpaired) electrons. The maximum Gasteiger partial charge on any atom is 0.267 e. The molecule has 3 aromatic heterocycles. The molecule has 0 bridgehead atoms. The van der Waals surface area contributed by atoms with E-state index in [0.717, 1.165) is 29.1 Å². The number of aryl methyl sites for hydroxylation is 2. The van der Waals surface area contributed by atoms with Gasteiger partial charge >= 0.3 is 0 Å². The van der Waals surface area contributed by atoms with Gasteiger partial charge in [-0.3, -0.25) is 14.8 Å². The lowest BCUT2D eigenvalue weighted by Gasteiger charge is -2.05. The number of thiazole rings is 1. The molecule has 0 unspecified atom stereocenters. The van der Waals surface area contributed by atoms with Crippen molar-refractivity contribution in [3.8, 4) is 28.5 Å². The molecular weight excluding hydrogens is 448 g/mol. The summed E-state index contributed by atoms with van der Waals surface area (Å²) in [5, 5.41) is 11.7. The summed E-state index contributed by atoms with van der Waals surface area (Å²) in [6.07, 6.45) is 1.97. The summed E-state index contributed by atoms with van der Waals surface area (Å²) in [5.74, 6) is 1.88. The minimum atomic E-state index is -0.189. The Hall–Kier alpha value is -3.37. The first-order chi connectivity index (χ1) is 15.6. The van der Waals surface area contributed by atoms with Crippen LogP contribution < -0.4 is 19.5 Å². The van der Waals surface area contributed by atoms with Crippen LogP contribution in [-0.2, 0) is 13.2 Å². The Labute approximate surface area is 192 Å². The van der Waals surface area contributed by atoms with E-state index in [1.165, 1.54) is 22.7 Å². The van der Waals surface area contributed by atoms with Gasteiger partial charge < -0.3 is 14.2 Å². The number of hydrogen-bond donors (Lipinski definition) is 1. The third-order valence-electron chi connectivity index (χ3n) is 4.90. The van der Waals surface area contributed by atoms with E-state index in [4.69, 9.17) is 14.2 Å². The summed E-state index contributed by atoms with van der Waals surface area (Å²) in [6.45, 7) is 5.37. The summed E-state index contributed by atoms with van der Waals surface area (Å²) in [5.41, 5.74) is 3.62. The molecule has 0 aliphatic carbocycles. The average molecular weight is 469 g/mol. The molecule has 0 fully saturated rings. The van der Waals surface area contributed by atoms with Gasteiger partial charge in [-0.15, -0.1) is 22.7 Å². The predicted molar refractivity (Wildman–Crippen MR) is 123 cm³/mol. The molecule has 1 aliphatic rings. The van der Waals surface area contributed by atoms with Crippen LogP contribution in [0.3, 0.4) is 0 Å². The molecular formula is C22H20N4O4S2. The highest BCUT2D eigenvalue weighted by atomic mass is 32.1. The highest BCUT2D eigenvalue weighted by Crippen LogP contribution is 2.35. The van der Waals surface area contributed by atoms with Crippen molar-refractivity contribution >= 4 is 33.7 Å². The molecule has 8 nitrogen and oxygen atoms in total. The summed E-state index contributed by atoms with van der Waals surface area (Å²) < 4.78 is 18.4. The van der Waals surface area contributed by atoms with E-state index in [0.29, 0.717) is 33.9 Å². The standard InChI is InChI=1S/C22H20N4O4S2/c1-3-26-8-16(13(2)25-26)17-11-32-22(23-17)24-21(27)20-6-14(10-31-20)9-28-15-4-5-18-19(7-15)30-12-29-18/h4-8,10-11H,3,9,12H2,1-2H3,(H,23,24,27). The second kappa shape index (κ2) is 8.64. The number of nitrogens with zero attached hydrogens (tertiary/aromatic N) is 3. The number of hydrogen-bond acceptors (Lipinski definition) is 8. The summed E-state index contributed by atoms with van der Waals surface area (Å²) in [7, 11) is 0. The van der Waals surface area contributed by atoms with Gasteiger partial charge in [0.25, 0.3) is 5.91 Å². The van der Waals surface area contributed by atoms with E-state index >= 15 is 0 Å². The Bertz CT molecular complexity index is 1280. The fourth-order valence-electron chi connectivity index (χ4n) is 3.25. The predicted octanol–water partition coefficient (Wildman–Crippen LogP) is 4.96. The van der Waals surface area contributed by atoms with Crippen LogP contribution in [0.5, 0.6) is 17.2 Å². The Morgan fingerprint density at radius 1 is 1.22 bits per heavy atom. The van der Waals surface area contributed by atoms with Crippen molar-refractivity contribution in [2.75, 3.05) is 12.1 Å². The third-order valence-corrected chi connectivity index (χ3v) is 6.63. The first kappa shape index (κ1) is 20.5. The number of fused-ring (bicyclic) bond motifs is 1. The SMILES string of the molecule is CCn1cc(-c2csc(NC(=O)c3cc(COc4ccc5c(c4)OCO5)cs3)n2)c(C)n1. The van der Waals surface area contributed by atoms with Crippen molar-refractivity contribution in [1.82, 2.24) is 14.8 Å². The molecule has 1 N–H and O–H groups in total. The summed E-state index contributed by atoms with van der Waals surface area (Å²) >= 11 is 2.77. The van der Waals surface area contributed by atoms with Crippen molar-refractivity contribution in [3.05, 3.63) is 57.4 Å². The smallest absolute Gasteiger partial charge is 0.267 e. The molecule has 164 valence electrons. The number of aromatic nitrogens is 3. The zero-order valence-electron chi connectivity index (χ0n) is 17.5. The molecule has 4 heterocycles. The average Bonchev–Trinajstić information content (AvgIpc) is 3.58. The van der Waals surface area contributed by atoms with Crippen LogP contribution in [0.2, 0.25) is 0 Å². The number of carbonyl (C=O) groups excluding carboxylic acids is 1. The van der Waals surface area contributed by atoms with Gasteiger partial charge in [0.2, 0.25) is 6.79 Å². The second-order valence-corrected chi connectivity index (χ2v) is 8.87. The number of nitrogens with one attached hydrogen (secondary N) is 1. The number of amides is 1. The lowest BCUT2D eigenvalue weighted by Crippen LogP contribution is -2.09. The molecule has 10 heteroatoms. The van der Waals surface area contributed by atoms with Crippen molar-refractivity contribution in [2.45, 2.75) is 27.0 Å². The molecule has 4 aromatic rings. The van der Waals surface area contributed by atoms with Crippen LogP contribution in [0, 0.1) is 6.92 Å². The van der Waals surface area contributed by atoms with E-state index in [9.17, 15) is 4.79 Å². The van der Waals surface area contributed by atoms with Gasteiger partial charge in [-0.1, -0.05) is 0 Å². The molecule has 32 heavy (non-hydrogen) atoms. The number of rotatable bonds is 7. The number of benzene rings is 1. The van der Waals surface area contributed by atoms with Crippen LogP contribution in [0.1, 0.15) is 27.9 Å². The maximum atomic E-state index is 12.7. The zero-order chi connectivity index (χ0) is 22.1. The van der Waals surface area contributed by atoms with Crippen molar-refractivity contribution in [2.24, 2.45) is 0 Å². The minimum absolute atomic E-state index is 0.189. The van der Waals surface area contributed by atoms with Gasteiger partial charge in [-0.25, -0.2) is 4.98 Å². The van der Waals surface area contributed by atoms with Gasteiger partial charge in [0.05, 0.1) is 16.3 Å². The first-order valence-corrected chi connectivity index (χ1v) is 11.8. The fourth-order valence-corrected chi connectivity index (χ4v) is 4.75. The number of anilines is 1. The van der Waals surface area contributed by atoms with Gasteiger partial charge in [-0.05, 0) is 37.4 Å². The Balaban J connectivity index is 1.20. The Morgan fingerprint density at radius 3 is 2.94 bits per heavy atom. The van der Waals surface area contributed by atoms with E-state index in [1.807, 2.05) is 53.7 Å². The van der Waals surface area contributed by atoms with E-state index in [2.05, 4.69) is 15.4 Å². The normalized spacial score (nSPS) is 12.2. The zero-order valence-corrected chi connectivity index (χ0v) is 19.1. The van der Waals surface area contributed by atoms with Crippen LogP contribution in [0.25, 0.3) is 11.3 Å². The van der Waals surface area contributed by atoms with Crippen molar-refractivity contribution < 1.29 is 19.0 Å². The quantitative estimate of drug-likeness (QED) is 0.413. The van der Waals surface area contributed by atoms with E-state index in [-0.39, 0.29) is 12.7 Å². The highest BCUT2D eigenvalue weighted by Gasteiger charge is 2.16. The van der Waals surface area contributed by atoms with Crippen LogP contribution >= 0.6 is 22.7 Å². The minimum Gasteiger partial charge on any atom is -0.489 e. The first-order valence-electron chi connectivity index (χ1n) is 10.00. The molecule has 0 saturated heterocycles. The molecule has 0 spiro atoms. The van der Waals surface area contributed by atoms with Crippen molar-refractivity contribution in [1.29, 1.82) is 0 Å². The molecule has 1 aliphatic heterocycles. The molecule has 0 saturated carbocycles. The monoisotopic (exact) mass is 468 g/mol. The summed E-state index contributed by atoms with van der Waals surface area (Å²) in [6, 6.07) is 7.28. The molecule has 1 amide bonds. The Kier molecular flexibility index (Phi) is 5.54. The fraction of sp³-hybridized carbons (Fsp3) is 0.227. The molecule has 0 atom stereocenters. The molecule has 1 aromatic carbocycles. The van der Waals surface area contributed by atoms with Crippen LogP contribution in [0.15, 0.2) is 41.2 Å². The maximum absolute atomic E-state index is 12.7. The second-order valence-electron chi connectivity index (χ2n) is 7.10. The molecule has 5 rings (SSSR count). The lowest BCUT2D eigenvalue weighted by molar-refractivity contribution is 0.103. The highest BCUT2D eigenvalue weighted by molar-refractivity contribution is 7.14. The van der Waals surface area contributed by atoms with Crippen LogP contribution in [-0.4, -0.2) is 27.5 Å². The summed E-state index contributed by atoms with van der Waals surface area (Å²) in [4.78, 5) is 17.8. The number of carbonyl (C=O) groups is 1. The van der Waals surface area contributed by atoms with E-state index in [1.54, 1.807) is 6.07 Å². The van der Waals surface area contributed by atoms with E-state index < -0.39 is 0 Å². The number of ether oxygens (including phenoxy) is 3. The third kappa shape index (κ3) is 4.19.